The van der Waals surface area contributed by atoms with Gasteiger partial charge >= 0.3 is 0 Å². The summed E-state index contributed by atoms with van der Waals surface area (Å²) in [6, 6.07) is 9.35. The van der Waals surface area contributed by atoms with E-state index in [9.17, 15) is 8.42 Å². The Labute approximate surface area is 116 Å². The molecule has 0 amide bonds. The molecule has 0 spiro atoms. The molecule has 19 heavy (non-hydrogen) atoms. The van der Waals surface area contributed by atoms with Gasteiger partial charge in [0.15, 0.2) is 0 Å². The first-order valence-corrected chi connectivity index (χ1v) is 8.26. The third-order valence-corrected chi connectivity index (χ3v) is 5.17. The zero-order chi connectivity index (χ0) is 14.3. The van der Waals surface area contributed by atoms with E-state index < -0.39 is 10.0 Å². The van der Waals surface area contributed by atoms with Gasteiger partial charge in [-0.15, -0.1) is 0 Å². The summed E-state index contributed by atoms with van der Waals surface area (Å²) in [5.74, 6) is 0.148. The molecule has 0 radical (unpaired) electrons. The van der Waals surface area contributed by atoms with E-state index in [1.54, 1.807) is 0 Å². The number of nitrogens with zero attached hydrogens (tertiary/aromatic N) is 1. The van der Waals surface area contributed by atoms with Crippen LogP contribution in [0.2, 0.25) is 0 Å². The van der Waals surface area contributed by atoms with E-state index in [4.69, 9.17) is 5.11 Å². The third-order valence-electron chi connectivity index (χ3n) is 3.04. The van der Waals surface area contributed by atoms with Gasteiger partial charge in [-0.05, 0) is 25.3 Å². The fourth-order valence-corrected chi connectivity index (χ4v) is 3.75. The maximum atomic E-state index is 12.3. The molecule has 1 unspecified atom stereocenters. The third kappa shape index (κ3) is 4.93. The molecule has 4 nitrogen and oxygen atoms in total. The number of rotatable bonds is 8. The molecule has 1 atom stereocenters. The second-order valence-corrected chi connectivity index (χ2v) is 6.75. The SMILES string of the molecule is CCCS(=O)(=O)N(Cc1ccccc1)C(C)CCO. The minimum absolute atomic E-state index is 0.00585. The molecule has 0 aliphatic heterocycles. The molecule has 1 aromatic rings. The zero-order valence-electron chi connectivity index (χ0n) is 11.6. The average Bonchev–Trinajstić information content (AvgIpc) is 2.37. The van der Waals surface area contributed by atoms with Crippen molar-refractivity contribution >= 4 is 10.0 Å². The van der Waals surface area contributed by atoms with Crippen molar-refractivity contribution in [3.05, 3.63) is 35.9 Å². The number of aliphatic hydroxyl groups is 1. The lowest BCUT2D eigenvalue weighted by atomic mass is 10.2. The van der Waals surface area contributed by atoms with Crippen molar-refractivity contribution in [2.75, 3.05) is 12.4 Å². The lowest BCUT2D eigenvalue weighted by Gasteiger charge is -2.28. The number of sulfonamides is 1. The summed E-state index contributed by atoms with van der Waals surface area (Å²) in [5, 5.41) is 9.03. The van der Waals surface area contributed by atoms with Crippen molar-refractivity contribution in [2.24, 2.45) is 0 Å². The van der Waals surface area contributed by atoms with Crippen LogP contribution in [-0.4, -0.2) is 36.2 Å². The van der Waals surface area contributed by atoms with Gasteiger partial charge in [0.1, 0.15) is 0 Å². The number of hydrogen-bond acceptors (Lipinski definition) is 3. The van der Waals surface area contributed by atoms with Gasteiger partial charge in [0, 0.05) is 19.2 Å². The fraction of sp³-hybridized carbons (Fsp3) is 0.571. The Hall–Kier alpha value is -0.910. The normalized spacial score (nSPS) is 13.7. The molecule has 0 aliphatic rings. The molecule has 0 aliphatic carbocycles. The minimum atomic E-state index is -3.27. The van der Waals surface area contributed by atoms with E-state index in [0.29, 0.717) is 19.4 Å². The van der Waals surface area contributed by atoms with E-state index >= 15 is 0 Å². The summed E-state index contributed by atoms with van der Waals surface area (Å²) in [6.45, 7) is 4.06. The smallest absolute Gasteiger partial charge is 0.214 e. The molecule has 1 aromatic carbocycles. The van der Waals surface area contributed by atoms with Crippen molar-refractivity contribution < 1.29 is 13.5 Å². The average molecular weight is 285 g/mol. The highest BCUT2D eigenvalue weighted by atomic mass is 32.2. The summed E-state index contributed by atoms with van der Waals surface area (Å²) >= 11 is 0. The van der Waals surface area contributed by atoms with Crippen molar-refractivity contribution in [3.63, 3.8) is 0 Å². The Bertz CT molecular complexity index is 459. The lowest BCUT2D eigenvalue weighted by Crippen LogP contribution is -2.39. The van der Waals surface area contributed by atoms with Crippen molar-refractivity contribution in [3.8, 4) is 0 Å². The van der Waals surface area contributed by atoms with E-state index in [-0.39, 0.29) is 18.4 Å². The molecule has 0 saturated heterocycles. The highest BCUT2D eigenvalue weighted by Gasteiger charge is 2.26. The molecule has 0 fully saturated rings. The Balaban J connectivity index is 2.93. The van der Waals surface area contributed by atoms with Gasteiger partial charge in [-0.3, -0.25) is 0 Å². The van der Waals surface area contributed by atoms with Crippen molar-refractivity contribution in [2.45, 2.75) is 39.3 Å². The molecule has 108 valence electrons. The molecular formula is C14H23NO3S. The lowest BCUT2D eigenvalue weighted by molar-refractivity contribution is 0.230. The van der Waals surface area contributed by atoms with E-state index in [2.05, 4.69) is 0 Å². The molecule has 0 bridgehead atoms. The van der Waals surface area contributed by atoms with Gasteiger partial charge in [-0.1, -0.05) is 37.3 Å². The van der Waals surface area contributed by atoms with Gasteiger partial charge < -0.3 is 5.11 Å². The molecule has 1 N–H and O–H groups in total. The molecule has 5 heteroatoms. The van der Waals surface area contributed by atoms with E-state index in [0.717, 1.165) is 5.56 Å². The Morgan fingerprint density at radius 1 is 1.26 bits per heavy atom. The zero-order valence-corrected chi connectivity index (χ0v) is 12.4. The standard InChI is InChI=1S/C14H23NO3S/c1-3-11-19(17,18)15(13(2)9-10-16)12-14-7-5-4-6-8-14/h4-8,13,16H,3,9-12H2,1-2H3. The summed E-state index contributed by atoms with van der Waals surface area (Å²) in [7, 11) is -3.27. The van der Waals surface area contributed by atoms with E-state index in [1.807, 2.05) is 44.2 Å². The van der Waals surface area contributed by atoms with Crippen LogP contribution in [0.25, 0.3) is 0 Å². The molecule has 0 saturated carbocycles. The Morgan fingerprint density at radius 2 is 1.89 bits per heavy atom. The summed E-state index contributed by atoms with van der Waals surface area (Å²) in [5.41, 5.74) is 0.965. The highest BCUT2D eigenvalue weighted by molar-refractivity contribution is 7.89. The van der Waals surface area contributed by atoms with Crippen LogP contribution in [0.4, 0.5) is 0 Å². The van der Waals surface area contributed by atoms with Crippen LogP contribution in [-0.2, 0) is 16.6 Å². The quantitative estimate of drug-likeness (QED) is 0.795. The summed E-state index contributed by atoms with van der Waals surface area (Å²) in [6.07, 6.45) is 1.05. The topological polar surface area (TPSA) is 57.6 Å². The van der Waals surface area contributed by atoms with Gasteiger partial charge in [0.25, 0.3) is 0 Å². The monoisotopic (exact) mass is 285 g/mol. The maximum Gasteiger partial charge on any atom is 0.214 e. The van der Waals surface area contributed by atoms with Crippen LogP contribution >= 0.6 is 0 Å². The minimum Gasteiger partial charge on any atom is -0.396 e. The molecule has 0 heterocycles. The summed E-state index contributed by atoms with van der Waals surface area (Å²) in [4.78, 5) is 0. The van der Waals surface area contributed by atoms with Crippen LogP contribution in [0.15, 0.2) is 30.3 Å². The maximum absolute atomic E-state index is 12.3. The van der Waals surface area contributed by atoms with Crippen LogP contribution < -0.4 is 0 Å². The number of benzene rings is 1. The second kappa shape index (κ2) is 7.62. The largest absolute Gasteiger partial charge is 0.396 e. The Morgan fingerprint density at radius 3 is 2.42 bits per heavy atom. The van der Waals surface area contributed by atoms with Gasteiger partial charge in [-0.25, -0.2) is 8.42 Å². The predicted octanol–water partition coefficient (Wildman–Crippen LogP) is 2.00. The van der Waals surface area contributed by atoms with E-state index in [1.165, 1.54) is 4.31 Å². The van der Waals surface area contributed by atoms with Crippen LogP contribution in [0, 0.1) is 0 Å². The van der Waals surface area contributed by atoms with Crippen LogP contribution in [0.5, 0.6) is 0 Å². The Kier molecular flexibility index (Phi) is 6.48. The van der Waals surface area contributed by atoms with Crippen LogP contribution in [0.1, 0.15) is 32.3 Å². The van der Waals surface area contributed by atoms with Crippen molar-refractivity contribution in [1.82, 2.24) is 4.31 Å². The number of hydrogen-bond donors (Lipinski definition) is 1. The first kappa shape index (κ1) is 16.1. The van der Waals surface area contributed by atoms with Gasteiger partial charge in [0.2, 0.25) is 10.0 Å². The second-order valence-electron chi connectivity index (χ2n) is 4.71. The highest BCUT2D eigenvalue weighted by Crippen LogP contribution is 2.16. The molecule has 1 rings (SSSR count). The fourth-order valence-electron chi connectivity index (χ4n) is 2.00. The predicted molar refractivity (Wildman–Crippen MR) is 77.2 cm³/mol. The molecular weight excluding hydrogens is 262 g/mol. The number of aliphatic hydroxyl groups excluding tert-OH is 1. The van der Waals surface area contributed by atoms with Gasteiger partial charge in [0.05, 0.1) is 5.75 Å². The van der Waals surface area contributed by atoms with Crippen molar-refractivity contribution in [1.29, 1.82) is 0 Å². The van der Waals surface area contributed by atoms with Crippen LogP contribution in [0.3, 0.4) is 0 Å². The summed E-state index contributed by atoms with van der Waals surface area (Å²) < 4.78 is 26.1. The molecule has 0 aromatic heterocycles. The van der Waals surface area contributed by atoms with Gasteiger partial charge in [-0.2, -0.15) is 4.31 Å². The first-order chi connectivity index (χ1) is 9.01. The first-order valence-electron chi connectivity index (χ1n) is 6.65.